The van der Waals surface area contributed by atoms with Crippen LogP contribution >= 0.6 is 15.9 Å². The van der Waals surface area contributed by atoms with Gasteiger partial charge in [0.15, 0.2) is 0 Å². The van der Waals surface area contributed by atoms with Crippen LogP contribution in [0.3, 0.4) is 0 Å². The van der Waals surface area contributed by atoms with Gasteiger partial charge in [-0.15, -0.1) is 0 Å². The lowest BCUT2D eigenvalue weighted by atomic mass is 10.2. The van der Waals surface area contributed by atoms with E-state index in [0.717, 1.165) is 0 Å². The fourth-order valence-electron chi connectivity index (χ4n) is 0.829. The Labute approximate surface area is 82.8 Å². The molecule has 1 rings (SSSR count). The van der Waals surface area contributed by atoms with Crippen LogP contribution in [0.2, 0.25) is 0 Å². The maximum Gasteiger partial charge on any atom is 0.331 e. The number of carboxylic acid groups (broad SMARTS) is 1. The molecule has 0 spiro atoms. The molecule has 0 saturated carbocycles. The topological polar surface area (TPSA) is 37.3 Å². The third-order valence-electron chi connectivity index (χ3n) is 1.35. The van der Waals surface area contributed by atoms with E-state index in [-0.39, 0.29) is 5.56 Å². The molecule has 0 heterocycles. The summed E-state index contributed by atoms with van der Waals surface area (Å²) in [6.45, 7) is 0. The van der Waals surface area contributed by atoms with Crippen molar-refractivity contribution in [2.75, 3.05) is 0 Å². The predicted octanol–water partition coefficient (Wildman–Crippen LogP) is 2.84. The molecule has 0 amide bonds. The highest BCUT2D eigenvalue weighted by atomic mass is 79.9. The summed E-state index contributed by atoms with van der Waals surface area (Å²) in [5, 5.41) is 8.29. The molecule has 2 nitrogen and oxygen atoms in total. The standard InChI is InChI=1S/C9H6BrFO2/c10-7-3-1-2-6(4-7)8(11)5-9(12)13/h1-5H,(H,12,13). The average Bonchev–Trinajstić information content (AvgIpc) is 2.03. The fourth-order valence-corrected chi connectivity index (χ4v) is 1.23. The molecule has 0 aliphatic carbocycles. The van der Waals surface area contributed by atoms with Gasteiger partial charge in [-0.05, 0) is 12.1 Å². The van der Waals surface area contributed by atoms with Crippen molar-refractivity contribution in [1.82, 2.24) is 0 Å². The van der Waals surface area contributed by atoms with E-state index in [2.05, 4.69) is 15.9 Å². The van der Waals surface area contributed by atoms with Gasteiger partial charge in [0.2, 0.25) is 0 Å². The summed E-state index contributed by atoms with van der Waals surface area (Å²) < 4.78 is 13.7. The van der Waals surface area contributed by atoms with Gasteiger partial charge in [-0.25, -0.2) is 9.18 Å². The number of carboxylic acids is 1. The van der Waals surface area contributed by atoms with Crippen LogP contribution in [0.5, 0.6) is 0 Å². The Morgan fingerprint density at radius 2 is 2.23 bits per heavy atom. The SMILES string of the molecule is O=C(O)C=C(F)c1cccc(Br)c1. The van der Waals surface area contributed by atoms with Crippen LogP contribution in [0.4, 0.5) is 4.39 Å². The Balaban J connectivity index is 3.02. The fraction of sp³-hybridized carbons (Fsp3) is 0. The molecule has 0 atom stereocenters. The molecule has 68 valence electrons. The van der Waals surface area contributed by atoms with E-state index in [1.807, 2.05) is 0 Å². The Morgan fingerprint density at radius 3 is 2.77 bits per heavy atom. The zero-order chi connectivity index (χ0) is 9.84. The number of carbonyl (C=O) groups is 1. The summed E-state index contributed by atoms with van der Waals surface area (Å²) >= 11 is 3.16. The molecule has 0 saturated heterocycles. The minimum Gasteiger partial charge on any atom is -0.478 e. The van der Waals surface area contributed by atoms with Crippen LogP contribution in [-0.4, -0.2) is 11.1 Å². The van der Waals surface area contributed by atoms with Crippen LogP contribution in [0, 0.1) is 0 Å². The number of hydrogen-bond donors (Lipinski definition) is 1. The van der Waals surface area contributed by atoms with Gasteiger partial charge in [-0.2, -0.15) is 0 Å². The largest absolute Gasteiger partial charge is 0.478 e. The summed E-state index contributed by atoms with van der Waals surface area (Å²) in [5.74, 6) is -2.05. The minimum atomic E-state index is -1.29. The molecule has 1 aromatic rings. The van der Waals surface area contributed by atoms with Crippen LogP contribution in [0.25, 0.3) is 5.83 Å². The summed E-state index contributed by atoms with van der Waals surface area (Å²) in [5.41, 5.74) is 0.247. The van der Waals surface area contributed by atoms with Gasteiger partial charge in [0.25, 0.3) is 0 Å². The third kappa shape index (κ3) is 2.99. The normalized spacial score (nSPS) is 11.4. The number of aliphatic carboxylic acids is 1. The Bertz CT molecular complexity index is 360. The van der Waals surface area contributed by atoms with E-state index in [9.17, 15) is 9.18 Å². The molecule has 0 aliphatic rings. The van der Waals surface area contributed by atoms with E-state index in [0.29, 0.717) is 10.5 Å². The van der Waals surface area contributed by atoms with E-state index >= 15 is 0 Å². The van der Waals surface area contributed by atoms with Crippen molar-refractivity contribution in [1.29, 1.82) is 0 Å². The van der Waals surface area contributed by atoms with Gasteiger partial charge in [0, 0.05) is 10.0 Å². The molecule has 0 bridgehead atoms. The quantitative estimate of drug-likeness (QED) is 0.813. The van der Waals surface area contributed by atoms with E-state index in [4.69, 9.17) is 5.11 Å². The molecule has 4 heteroatoms. The van der Waals surface area contributed by atoms with Crippen molar-refractivity contribution in [3.05, 3.63) is 40.4 Å². The first kappa shape index (κ1) is 9.92. The van der Waals surface area contributed by atoms with Crippen LogP contribution < -0.4 is 0 Å². The number of benzene rings is 1. The molecule has 1 aromatic carbocycles. The van der Waals surface area contributed by atoms with Crippen LogP contribution in [0.1, 0.15) is 5.56 Å². The summed E-state index contributed by atoms with van der Waals surface area (Å²) in [4.78, 5) is 10.1. The maximum atomic E-state index is 13.0. The van der Waals surface area contributed by atoms with Crippen molar-refractivity contribution >= 4 is 27.7 Å². The summed E-state index contributed by atoms with van der Waals surface area (Å²) in [7, 11) is 0. The Kier molecular flexibility index (Phi) is 3.19. The van der Waals surface area contributed by atoms with Crippen LogP contribution in [-0.2, 0) is 4.79 Å². The first-order valence-electron chi connectivity index (χ1n) is 3.45. The van der Waals surface area contributed by atoms with Gasteiger partial charge in [-0.1, -0.05) is 28.1 Å². The highest BCUT2D eigenvalue weighted by Gasteiger charge is 2.02. The van der Waals surface area contributed by atoms with Crippen LogP contribution in [0.15, 0.2) is 34.8 Å². The third-order valence-corrected chi connectivity index (χ3v) is 1.84. The molecular formula is C9H6BrFO2. The lowest BCUT2D eigenvalue weighted by molar-refractivity contribution is -0.131. The minimum absolute atomic E-state index is 0.247. The van der Waals surface area contributed by atoms with Gasteiger partial charge >= 0.3 is 5.97 Å². The molecule has 0 radical (unpaired) electrons. The number of rotatable bonds is 2. The van der Waals surface area contributed by atoms with Crippen molar-refractivity contribution in [3.63, 3.8) is 0 Å². The molecule has 0 aliphatic heterocycles. The van der Waals surface area contributed by atoms with Gasteiger partial charge < -0.3 is 5.11 Å². The second-order valence-corrected chi connectivity index (χ2v) is 3.26. The first-order valence-corrected chi connectivity index (χ1v) is 4.25. The average molecular weight is 245 g/mol. The zero-order valence-corrected chi connectivity index (χ0v) is 8.08. The molecular weight excluding hydrogens is 239 g/mol. The predicted molar refractivity (Wildman–Crippen MR) is 50.9 cm³/mol. The van der Waals surface area contributed by atoms with Crippen molar-refractivity contribution in [2.45, 2.75) is 0 Å². The molecule has 0 unspecified atom stereocenters. The van der Waals surface area contributed by atoms with Crippen molar-refractivity contribution in [2.24, 2.45) is 0 Å². The molecule has 0 aromatic heterocycles. The smallest absolute Gasteiger partial charge is 0.331 e. The maximum absolute atomic E-state index is 13.0. The lowest BCUT2D eigenvalue weighted by Crippen LogP contribution is -1.89. The van der Waals surface area contributed by atoms with Crippen molar-refractivity contribution < 1.29 is 14.3 Å². The second-order valence-electron chi connectivity index (χ2n) is 2.34. The molecule has 0 fully saturated rings. The number of hydrogen-bond acceptors (Lipinski definition) is 1. The monoisotopic (exact) mass is 244 g/mol. The Hall–Kier alpha value is -1.16. The zero-order valence-electron chi connectivity index (χ0n) is 6.50. The van der Waals surface area contributed by atoms with Gasteiger partial charge in [0.1, 0.15) is 5.83 Å². The first-order chi connectivity index (χ1) is 6.09. The summed E-state index contributed by atoms with van der Waals surface area (Å²) in [6.07, 6.45) is 0.530. The highest BCUT2D eigenvalue weighted by molar-refractivity contribution is 9.10. The van der Waals surface area contributed by atoms with E-state index < -0.39 is 11.8 Å². The highest BCUT2D eigenvalue weighted by Crippen LogP contribution is 2.19. The molecule has 13 heavy (non-hydrogen) atoms. The molecule has 1 N–H and O–H groups in total. The second kappa shape index (κ2) is 4.18. The van der Waals surface area contributed by atoms with Crippen molar-refractivity contribution in [3.8, 4) is 0 Å². The summed E-state index contributed by atoms with van der Waals surface area (Å²) in [6, 6.07) is 6.38. The van der Waals surface area contributed by atoms with Gasteiger partial charge in [0.05, 0.1) is 6.08 Å². The number of halogens is 2. The van der Waals surface area contributed by atoms with Gasteiger partial charge in [-0.3, -0.25) is 0 Å². The Morgan fingerprint density at radius 1 is 1.54 bits per heavy atom. The van der Waals surface area contributed by atoms with E-state index in [1.165, 1.54) is 12.1 Å². The van der Waals surface area contributed by atoms with E-state index in [1.54, 1.807) is 12.1 Å². The lowest BCUT2D eigenvalue weighted by Gasteiger charge is -1.96.